The molecule has 0 aliphatic carbocycles. The molecule has 1 aromatic carbocycles. The Hall–Kier alpha value is -3.32. The molecule has 2 heterocycles. The predicted octanol–water partition coefficient (Wildman–Crippen LogP) is 1.40. The van der Waals surface area contributed by atoms with Gasteiger partial charge in [-0.3, -0.25) is 0 Å². The minimum Gasteiger partial charge on any atom is -0.439 e. The Bertz CT molecular complexity index is 877. The Morgan fingerprint density at radius 3 is 2.90 bits per heavy atom. The highest BCUT2D eigenvalue weighted by Gasteiger charge is 2.13. The quantitative estimate of drug-likeness (QED) is 0.699. The van der Waals surface area contributed by atoms with Crippen molar-refractivity contribution >= 4 is 16.8 Å². The molecule has 0 radical (unpaired) electrons. The number of anilines is 1. The monoisotopic (exact) mass is 264 g/mol. The van der Waals surface area contributed by atoms with E-state index in [1.807, 2.05) is 12.1 Å². The lowest BCUT2D eigenvalue weighted by Crippen LogP contribution is -2.01. The molecule has 0 saturated carbocycles. The van der Waals surface area contributed by atoms with Gasteiger partial charge in [-0.1, -0.05) is 0 Å². The summed E-state index contributed by atoms with van der Waals surface area (Å²) >= 11 is 0. The van der Waals surface area contributed by atoms with Gasteiger partial charge in [0.05, 0.1) is 6.33 Å². The van der Waals surface area contributed by atoms with Crippen molar-refractivity contribution in [3.63, 3.8) is 0 Å². The molecule has 3 rings (SSSR count). The van der Waals surface area contributed by atoms with Gasteiger partial charge in [-0.25, -0.2) is 9.97 Å². The zero-order valence-corrected chi connectivity index (χ0v) is 10.2. The highest BCUT2D eigenvalue weighted by molar-refractivity contribution is 5.76. The number of nitrogens with two attached hydrogens (primary N) is 1. The largest absolute Gasteiger partial charge is 0.439 e. The topological polar surface area (TPSA) is 117 Å². The van der Waals surface area contributed by atoms with Gasteiger partial charge in [0.25, 0.3) is 0 Å². The Morgan fingerprint density at radius 2 is 2.15 bits per heavy atom. The Morgan fingerprint density at radius 1 is 1.30 bits per heavy atom. The van der Waals surface area contributed by atoms with Crippen molar-refractivity contribution in [2.45, 2.75) is 6.54 Å². The summed E-state index contributed by atoms with van der Waals surface area (Å²) in [4.78, 5) is 8.15. The maximum Gasteiger partial charge on any atom is 0.215 e. The van der Waals surface area contributed by atoms with Crippen LogP contribution in [0.25, 0.3) is 11.1 Å². The Labute approximate surface area is 113 Å². The van der Waals surface area contributed by atoms with E-state index in [-0.39, 0.29) is 17.9 Å². The molecule has 0 fully saturated rings. The van der Waals surface area contributed by atoms with E-state index in [9.17, 15) is 0 Å². The van der Waals surface area contributed by atoms with Crippen molar-refractivity contribution in [3.05, 3.63) is 41.8 Å². The first-order valence-corrected chi connectivity index (χ1v) is 5.71. The van der Waals surface area contributed by atoms with Gasteiger partial charge in [-0.2, -0.15) is 10.5 Å². The second-order valence-corrected chi connectivity index (χ2v) is 4.13. The van der Waals surface area contributed by atoms with Crippen molar-refractivity contribution < 1.29 is 4.42 Å². The number of nitrogens with zero attached hydrogens (tertiary/aromatic N) is 5. The van der Waals surface area contributed by atoms with Gasteiger partial charge in [-0.05, 0) is 18.2 Å². The van der Waals surface area contributed by atoms with Crippen molar-refractivity contribution in [1.29, 1.82) is 10.5 Å². The van der Waals surface area contributed by atoms with Gasteiger partial charge < -0.3 is 14.7 Å². The minimum atomic E-state index is 0.0906. The van der Waals surface area contributed by atoms with Crippen molar-refractivity contribution in [1.82, 2.24) is 14.5 Å². The van der Waals surface area contributed by atoms with Gasteiger partial charge in [0.15, 0.2) is 17.0 Å². The molecule has 0 spiro atoms. The summed E-state index contributed by atoms with van der Waals surface area (Å²) in [6.45, 7) is 0.228. The summed E-state index contributed by atoms with van der Waals surface area (Å²) in [5, 5.41) is 17.9. The molecule has 20 heavy (non-hydrogen) atoms. The average molecular weight is 264 g/mol. The highest BCUT2D eigenvalue weighted by atomic mass is 16.3. The summed E-state index contributed by atoms with van der Waals surface area (Å²) in [7, 11) is 0. The molecule has 7 heteroatoms. The van der Waals surface area contributed by atoms with Crippen LogP contribution < -0.4 is 5.73 Å². The number of nitriles is 2. The van der Waals surface area contributed by atoms with Crippen LogP contribution in [-0.2, 0) is 6.54 Å². The van der Waals surface area contributed by atoms with Gasteiger partial charge in [0.1, 0.15) is 24.2 Å². The van der Waals surface area contributed by atoms with Crippen molar-refractivity contribution in [2.24, 2.45) is 0 Å². The van der Waals surface area contributed by atoms with Crippen LogP contribution in [0.5, 0.6) is 0 Å². The maximum absolute atomic E-state index is 9.04. The highest BCUT2D eigenvalue weighted by Crippen LogP contribution is 2.19. The van der Waals surface area contributed by atoms with E-state index in [2.05, 4.69) is 9.97 Å². The SMILES string of the molecule is N#Cc1ncn(Cc2nc3cc(N)ccc3o2)c1C#N. The molecular formula is C13H8N6O. The molecule has 96 valence electrons. The molecule has 0 unspecified atom stereocenters. The number of oxazole rings is 1. The molecule has 7 nitrogen and oxygen atoms in total. The van der Waals surface area contributed by atoms with Gasteiger partial charge in [-0.15, -0.1) is 0 Å². The molecule has 0 saturated heterocycles. The molecule has 0 aliphatic rings. The summed E-state index contributed by atoms with van der Waals surface area (Å²) in [6, 6.07) is 8.98. The van der Waals surface area contributed by atoms with E-state index in [4.69, 9.17) is 20.7 Å². The standard InChI is InChI=1S/C13H8N6O/c14-4-10-11(5-15)19(7-17-10)6-13-18-9-3-8(16)1-2-12(9)20-13/h1-3,7H,6,16H2. The van der Waals surface area contributed by atoms with Crippen LogP contribution in [-0.4, -0.2) is 14.5 Å². The van der Waals surface area contributed by atoms with Gasteiger partial charge in [0, 0.05) is 5.69 Å². The lowest BCUT2D eigenvalue weighted by atomic mass is 10.3. The summed E-state index contributed by atoms with van der Waals surface area (Å²) in [6.07, 6.45) is 1.42. The fourth-order valence-electron chi connectivity index (χ4n) is 1.91. The fourth-order valence-corrected chi connectivity index (χ4v) is 1.91. The predicted molar refractivity (Wildman–Crippen MR) is 69.2 cm³/mol. The second-order valence-electron chi connectivity index (χ2n) is 4.13. The molecule has 0 aliphatic heterocycles. The smallest absolute Gasteiger partial charge is 0.215 e. The first kappa shape index (κ1) is 11.8. The van der Waals surface area contributed by atoms with E-state index in [0.717, 1.165) is 0 Å². The van der Waals surface area contributed by atoms with Gasteiger partial charge >= 0.3 is 0 Å². The van der Waals surface area contributed by atoms with Crippen molar-refractivity contribution in [2.75, 3.05) is 5.73 Å². The van der Waals surface area contributed by atoms with Crippen molar-refractivity contribution in [3.8, 4) is 12.1 Å². The molecule has 3 aromatic rings. The normalized spacial score (nSPS) is 10.3. The zero-order valence-electron chi connectivity index (χ0n) is 10.2. The van der Waals surface area contributed by atoms with Crippen LogP contribution in [0.15, 0.2) is 28.9 Å². The average Bonchev–Trinajstić information content (AvgIpc) is 3.01. The van der Waals surface area contributed by atoms with Crippen LogP contribution in [0, 0.1) is 22.7 Å². The van der Waals surface area contributed by atoms with E-state index in [1.54, 1.807) is 18.2 Å². The summed E-state index contributed by atoms with van der Waals surface area (Å²) < 4.78 is 7.08. The second kappa shape index (κ2) is 4.41. The zero-order chi connectivity index (χ0) is 14.1. The molecular weight excluding hydrogens is 256 g/mol. The molecule has 2 N–H and O–H groups in total. The van der Waals surface area contributed by atoms with E-state index in [1.165, 1.54) is 10.9 Å². The number of imidazole rings is 1. The molecule has 0 atom stereocenters. The third kappa shape index (κ3) is 1.84. The number of fused-ring (bicyclic) bond motifs is 1. The lowest BCUT2D eigenvalue weighted by Gasteiger charge is -1.98. The van der Waals surface area contributed by atoms with Crippen LogP contribution in [0.1, 0.15) is 17.3 Å². The molecule has 0 bridgehead atoms. The molecule has 2 aromatic heterocycles. The number of aromatic nitrogens is 3. The number of rotatable bonds is 2. The molecule has 0 amide bonds. The first-order chi connectivity index (χ1) is 9.71. The van der Waals surface area contributed by atoms with E-state index in [0.29, 0.717) is 22.7 Å². The minimum absolute atomic E-state index is 0.0906. The van der Waals surface area contributed by atoms with E-state index < -0.39 is 0 Å². The number of nitrogen functional groups attached to an aromatic ring is 1. The van der Waals surface area contributed by atoms with Crippen LogP contribution in [0.3, 0.4) is 0 Å². The number of hydrogen-bond acceptors (Lipinski definition) is 6. The summed E-state index contributed by atoms with van der Waals surface area (Å²) in [5.74, 6) is 0.420. The van der Waals surface area contributed by atoms with Gasteiger partial charge in [0.2, 0.25) is 5.89 Å². The fraction of sp³-hybridized carbons (Fsp3) is 0.0769. The third-order valence-corrected chi connectivity index (χ3v) is 2.81. The Balaban J connectivity index is 2.00. The third-order valence-electron chi connectivity index (χ3n) is 2.81. The van der Waals surface area contributed by atoms with E-state index >= 15 is 0 Å². The van der Waals surface area contributed by atoms with Crippen LogP contribution in [0.4, 0.5) is 5.69 Å². The Kier molecular flexibility index (Phi) is 2.59. The first-order valence-electron chi connectivity index (χ1n) is 5.71. The number of benzene rings is 1. The van der Waals surface area contributed by atoms with Crippen LogP contribution in [0.2, 0.25) is 0 Å². The lowest BCUT2D eigenvalue weighted by molar-refractivity contribution is 0.507. The summed E-state index contributed by atoms with van der Waals surface area (Å²) in [5.41, 5.74) is 7.83. The maximum atomic E-state index is 9.04. The van der Waals surface area contributed by atoms with Crippen LogP contribution >= 0.6 is 0 Å². The number of hydrogen-bond donors (Lipinski definition) is 1.